The van der Waals surface area contributed by atoms with Crippen LogP contribution < -0.4 is 10.6 Å². The molecule has 9 nitrogen and oxygen atoms in total. The van der Waals surface area contributed by atoms with Crippen molar-refractivity contribution in [3.05, 3.63) is 18.7 Å². The Labute approximate surface area is 181 Å². The molecule has 3 aromatic heterocycles. The van der Waals surface area contributed by atoms with E-state index in [4.69, 9.17) is 9.97 Å². The number of nitrogens with one attached hydrogen (secondary N) is 2. The molecule has 0 spiro atoms. The molecule has 0 amide bonds. The highest BCUT2D eigenvalue weighted by Gasteiger charge is 2.54. The second-order valence-corrected chi connectivity index (χ2v) is 10.2. The Bertz CT molecular complexity index is 1120. The summed E-state index contributed by atoms with van der Waals surface area (Å²) in [5.74, 6) is 3.71. The Balaban J connectivity index is 1.37. The van der Waals surface area contributed by atoms with Gasteiger partial charge in [-0.15, -0.1) is 0 Å². The van der Waals surface area contributed by atoms with E-state index in [0.29, 0.717) is 35.6 Å². The van der Waals surface area contributed by atoms with Gasteiger partial charge < -0.3 is 20.3 Å². The van der Waals surface area contributed by atoms with Crippen LogP contribution in [-0.2, 0) is 7.05 Å². The summed E-state index contributed by atoms with van der Waals surface area (Å²) >= 11 is 0. The van der Waals surface area contributed by atoms with Crippen molar-refractivity contribution in [2.24, 2.45) is 24.8 Å². The quantitative estimate of drug-likeness (QED) is 0.580. The van der Waals surface area contributed by atoms with Crippen molar-refractivity contribution < 1.29 is 5.11 Å². The topological polar surface area (TPSA) is 106 Å². The fourth-order valence-electron chi connectivity index (χ4n) is 6.43. The molecular formula is C22H30N8O. The van der Waals surface area contributed by atoms with E-state index in [1.807, 2.05) is 28.7 Å². The maximum Gasteiger partial charge on any atom is 0.226 e. The van der Waals surface area contributed by atoms with E-state index in [0.717, 1.165) is 36.1 Å². The first-order valence-corrected chi connectivity index (χ1v) is 11.4. The zero-order valence-electron chi connectivity index (χ0n) is 18.3. The van der Waals surface area contributed by atoms with Crippen molar-refractivity contribution in [2.75, 3.05) is 10.6 Å². The number of rotatable bonds is 5. The first-order chi connectivity index (χ1) is 14.9. The average molecular weight is 423 g/mol. The van der Waals surface area contributed by atoms with Crippen molar-refractivity contribution in [1.29, 1.82) is 0 Å². The molecule has 0 saturated heterocycles. The summed E-state index contributed by atoms with van der Waals surface area (Å²) in [6.07, 6.45) is 10.7. The molecule has 164 valence electrons. The number of nitrogens with zero attached hydrogens (tertiary/aromatic N) is 6. The van der Waals surface area contributed by atoms with Crippen LogP contribution >= 0.6 is 0 Å². The molecule has 4 bridgehead atoms. The van der Waals surface area contributed by atoms with Crippen LogP contribution in [0.3, 0.4) is 0 Å². The maximum atomic E-state index is 10.9. The number of imidazole rings is 1. The molecule has 9 heteroatoms. The summed E-state index contributed by atoms with van der Waals surface area (Å²) < 4.78 is 3.84. The van der Waals surface area contributed by atoms with E-state index < -0.39 is 5.60 Å². The third-order valence-electron chi connectivity index (χ3n) is 7.43. The van der Waals surface area contributed by atoms with E-state index in [-0.39, 0.29) is 6.04 Å². The van der Waals surface area contributed by atoms with Crippen molar-refractivity contribution >= 4 is 28.6 Å². The summed E-state index contributed by atoms with van der Waals surface area (Å²) in [5, 5.41) is 23.4. The Hall–Kier alpha value is -2.68. The monoisotopic (exact) mass is 422 g/mol. The molecule has 31 heavy (non-hydrogen) atoms. The standard InChI is InChI=1S/C22H30N8O/c1-12(2)30-20-16(9-24-30)19(25-17-10-29(3)11-23-17)27-21(28-20)26-18-14-4-13-5-15(18)8-22(31,6-13)7-14/h9-15,18,31H,4-8H2,1-3H3,(H2,25,26,27,28). The van der Waals surface area contributed by atoms with Gasteiger partial charge in [-0.2, -0.15) is 15.1 Å². The van der Waals surface area contributed by atoms with Crippen LogP contribution in [-0.4, -0.2) is 46.0 Å². The minimum atomic E-state index is -0.443. The number of hydrogen-bond donors (Lipinski definition) is 3. The number of aliphatic hydroxyl groups is 1. The molecule has 0 aromatic carbocycles. The van der Waals surface area contributed by atoms with E-state index in [9.17, 15) is 5.11 Å². The van der Waals surface area contributed by atoms with E-state index in [1.165, 1.54) is 12.8 Å². The van der Waals surface area contributed by atoms with E-state index in [2.05, 4.69) is 34.6 Å². The lowest BCUT2D eigenvalue weighted by Crippen LogP contribution is -2.59. The Morgan fingerprint density at radius 3 is 2.58 bits per heavy atom. The van der Waals surface area contributed by atoms with E-state index >= 15 is 0 Å². The summed E-state index contributed by atoms with van der Waals surface area (Å²) in [6, 6.07) is 0.505. The van der Waals surface area contributed by atoms with Gasteiger partial charge in [-0.1, -0.05) is 0 Å². The van der Waals surface area contributed by atoms with Crippen LogP contribution in [0.5, 0.6) is 0 Å². The molecule has 2 unspecified atom stereocenters. The van der Waals surface area contributed by atoms with Crippen molar-refractivity contribution in [3.8, 4) is 0 Å². The fraction of sp³-hybridized carbons (Fsp3) is 0.636. The highest BCUT2D eigenvalue weighted by atomic mass is 16.3. The predicted octanol–water partition coefficient (Wildman–Crippen LogP) is 3.24. The third kappa shape index (κ3) is 3.17. The molecule has 0 aliphatic heterocycles. The van der Waals surface area contributed by atoms with Gasteiger partial charge in [-0.05, 0) is 63.7 Å². The molecule has 3 N–H and O–H groups in total. The molecule has 2 atom stereocenters. The number of fused-ring (bicyclic) bond motifs is 1. The summed E-state index contributed by atoms with van der Waals surface area (Å²) in [5.41, 5.74) is 0.370. The lowest BCUT2D eigenvalue weighted by atomic mass is 9.52. The van der Waals surface area contributed by atoms with Gasteiger partial charge in [-0.3, -0.25) is 0 Å². The van der Waals surface area contributed by atoms with Gasteiger partial charge in [0.25, 0.3) is 0 Å². The number of aryl methyl sites for hydroxylation is 1. The molecule has 4 fully saturated rings. The normalized spacial score (nSPS) is 31.6. The van der Waals surface area contributed by atoms with Crippen molar-refractivity contribution in [1.82, 2.24) is 29.3 Å². The first kappa shape index (κ1) is 19.0. The Morgan fingerprint density at radius 2 is 1.94 bits per heavy atom. The second-order valence-electron chi connectivity index (χ2n) is 10.2. The number of aromatic nitrogens is 6. The lowest BCUT2D eigenvalue weighted by molar-refractivity contribution is -0.129. The molecule has 4 saturated carbocycles. The first-order valence-electron chi connectivity index (χ1n) is 11.4. The van der Waals surface area contributed by atoms with Gasteiger partial charge in [0.2, 0.25) is 5.95 Å². The zero-order chi connectivity index (χ0) is 21.3. The van der Waals surface area contributed by atoms with E-state index in [1.54, 1.807) is 6.33 Å². The van der Waals surface area contributed by atoms with Gasteiger partial charge in [0.1, 0.15) is 11.6 Å². The number of anilines is 3. The minimum absolute atomic E-state index is 0.193. The smallest absolute Gasteiger partial charge is 0.226 e. The minimum Gasteiger partial charge on any atom is -0.390 e. The number of hydrogen-bond acceptors (Lipinski definition) is 7. The predicted molar refractivity (Wildman–Crippen MR) is 118 cm³/mol. The van der Waals surface area contributed by atoms with Crippen molar-refractivity contribution in [3.63, 3.8) is 0 Å². The van der Waals surface area contributed by atoms with Crippen LogP contribution in [0.4, 0.5) is 17.6 Å². The largest absolute Gasteiger partial charge is 0.390 e. The van der Waals surface area contributed by atoms with Crippen molar-refractivity contribution in [2.45, 2.75) is 63.6 Å². The Kier molecular flexibility index (Phi) is 4.09. The van der Waals surface area contributed by atoms with Crippen LogP contribution in [0, 0.1) is 17.8 Å². The molecular weight excluding hydrogens is 392 g/mol. The highest BCUT2D eigenvalue weighted by Crippen LogP contribution is 2.56. The van der Waals surface area contributed by atoms with Gasteiger partial charge in [0.05, 0.1) is 23.5 Å². The van der Waals surface area contributed by atoms with Gasteiger partial charge in [0.15, 0.2) is 5.65 Å². The van der Waals surface area contributed by atoms with Gasteiger partial charge in [0, 0.05) is 25.3 Å². The molecule has 7 rings (SSSR count). The Morgan fingerprint density at radius 1 is 1.16 bits per heavy atom. The van der Waals surface area contributed by atoms with Crippen LogP contribution in [0.25, 0.3) is 11.0 Å². The fourth-order valence-corrected chi connectivity index (χ4v) is 6.43. The molecule has 4 aliphatic rings. The van der Waals surface area contributed by atoms with Crippen LogP contribution in [0.2, 0.25) is 0 Å². The summed E-state index contributed by atoms with van der Waals surface area (Å²) in [6.45, 7) is 4.21. The van der Waals surface area contributed by atoms with Gasteiger partial charge in [-0.25, -0.2) is 9.67 Å². The maximum absolute atomic E-state index is 10.9. The molecule has 0 radical (unpaired) electrons. The van der Waals surface area contributed by atoms with Gasteiger partial charge >= 0.3 is 0 Å². The SMILES string of the molecule is CC(C)n1ncc2c(Nc3cn(C)cn3)nc(NC3C4CC5CC3CC(O)(C5)C4)nc21. The third-order valence-corrected chi connectivity index (χ3v) is 7.43. The summed E-state index contributed by atoms with van der Waals surface area (Å²) in [7, 11) is 1.94. The lowest BCUT2D eigenvalue weighted by Gasteiger charge is -2.58. The summed E-state index contributed by atoms with van der Waals surface area (Å²) in [4.78, 5) is 14.1. The molecule has 4 aliphatic carbocycles. The second kappa shape index (κ2) is 6.66. The molecule has 3 aromatic rings. The highest BCUT2D eigenvalue weighted by molar-refractivity contribution is 5.89. The van der Waals surface area contributed by atoms with Crippen LogP contribution in [0.1, 0.15) is 52.0 Å². The molecule has 3 heterocycles. The van der Waals surface area contributed by atoms with Crippen LogP contribution in [0.15, 0.2) is 18.7 Å². The zero-order valence-corrected chi connectivity index (χ0v) is 18.3. The average Bonchev–Trinajstić information content (AvgIpc) is 3.29.